The third-order valence-electron chi connectivity index (χ3n) is 2.69. The van der Waals surface area contributed by atoms with Crippen LogP contribution < -0.4 is 0 Å². The molecule has 1 aromatic carbocycles. The van der Waals surface area contributed by atoms with Crippen LogP contribution in [0.4, 0.5) is 0 Å². The lowest BCUT2D eigenvalue weighted by atomic mass is 9.86. The zero-order valence-corrected chi connectivity index (χ0v) is 8.13. The molecule has 0 bridgehead atoms. The molecule has 1 aliphatic carbocycles. The summed E-state index contributed by atoms with van der Waals surface area (Å²) in [7, 11) is 0. The van der Waals surface area contributed by atoms with Gasteiger partial charge in [0.25, 0.3) is 0 Å². The van der Waals surface area contributed by atoms with Crippen molar-refractivity contribution in [2.45, 2.75) is 12.5 Å². The number of hydrogen-bond donors (Lipinski definition) is 2. The number of carboxylic acid groups (broad SMARTS) is 1. The topological polar surface area (TPSA) is 57.5 Å². The van der Waals surface area contributed by atoms with Crippen molar-refractivity contribution in [1.82, 2.24) is 0 Å². The average Bonchev–Trinajstić information content (AvgIpc) is 2.27. The van der Waals surface area contributed by atoms with Crippen LogP contribution in [0, 0.1) is 5.92 Å². The molecule has 3 heteroatoms. The highest BCUT2D eigenvalue weighted by Gasteiger charge is 2.26. The van der Waals surface area contributed by atoms with Gasteiger partial charge in [-0.2, -0.15) is 0 Å². The van der Waals surface area contributed by atoms with Gasteiger partial charge in [-0.1, -0.05) is 36.4 Å². The van der Waals surface area contributed by atoms with Crippen LogP contribution >= 0.6 is 0 Å². The minimum absolute atomic E-state index is 0.322. The van der Waals surface area contributed by atoms with E-state index in [-0.39, 0.29) is 5.92 Å². The number of rotatable bonds is 2. The molecule has 1 aliphatic rings. The number of carbonyl (C=O) groups is 1. The van der Waals surface area contributed by atoms with Gasteiger partial charge < -0.3 is 10.2 Å². The molecule has 0 saturated carbocycles. The van der Waals surface area contributed by atoms with Crippen molar-refractivity contribution in [3.05, 3.63) is 41.5 Å². The Morgan fingerprint density at radius 2 is 2.13 bits per heavy atom. The van der Waals surface area contributed by atoms with Crippen molar-refractivity contribution in [3.63, 3.8) is 0 Å². The Morgan fingerprint density at radius 3 is 2.87 bits per heavy atom. The van der Waals surface area contributed by atoms with Gasteiger partial charge >= 0.3 is 5.97 Å². The Labute approximate surface area is 87.7 Å². The molecule has 0 amide bonds. The van der Waals surface area contributed by atoms with E-state index in [4.69, 9.17) is 5.11 Å². The van der Waals surface area contributed by atoms with Crippen molar-refractivity contribution in [2.75, 3.05) is 0 Å². The maximum atomic E-state index is 10.6. The molecule has 2 N–H and O–H groups in total. The molecule has 78 valence electrons. The summed E-state index contributed by atoms with van der Waals surface area (Å²) in [6, 6.07) is 7.80. The Bertz CT molecular complexity index is 409. The Balaban J connectivity index is 2.22. The Hall–Kier alpha value is -1.61. The highest BCUT2D eigenvalue weighted by atomic mass is 16.4. The van der Waals surface area contributed by atoms with Crippen molar-refractivity contribution in [2.24, 2.45) is 5.92 Å². The number of aliphatic carboxylic acids is 1. The second kappa shape index (κ2) is 3.87. The molecule has 0 aliphatic heterocycles. The third-order valence-corrected chi connectivity index (χ3v) is 2.69. The van der Waals surface area contributed by atoms with Crippen molar-refractivity contribution >= 4 is 12.0 Å². The van der Waals surface area contributed by atoms with E-state index in [0.29, 0.717) is 6.42 Å². The van der Waals surface area contributed by atoms with Crippen LogP contribution in [0.1, 0.15) is 11.1 Å². The normalized spacial score (nSPS) is 20.7. The van der Waals surface area contributed by atoms with E-state index in [1.165, 1.54) is 0 Å². The van der Waals surface area contributed by atoms with Gasteiger partial charge in [-0.05, 0) is 17.5 Å². The van der Waals surface area contributed by atoms with Crippen LogP contribution in [0.25, 0.3) is 6.08 Å². The van der Waals surface area contributed by atoms with Crippen LogP contribution in [0.15, 0.2) is 30.3 Å². The van der Waals surface area contributed by atoms with Crippen LogP contribution in [-0.4, -0.2) is 22.3 Å². The number of aliphatic hydroxyl groups is 1. The van der Waals surface area contributed by atoms with Crippen LogP contribution in [0.2, 0.25) is 0 Å². The van der Waals surface area contributed by atoms with E-state index in [1.54, 1.807) is 6.08 Å². The van der Waals surface area contributed by atoms with Gasteiger partial charge in [0, 0.05) is 5.92 Å². The number of benzene rings is 1. The van der Waals surface area contributed by atoms with Crippen molar-refractivity contribution < 1.29 is 15.0 Å². The second-order valence-corrected chi connectivity index (χ2v) is 3.71. The molecular weight excluding hydrogens is 192 g/mol. The van der Waals surface area contributed by atoms with E-state index < -0.39 is 12.1 Å². The van der Waals surface area contributed by atoms with Gasteiger partial charge in [0.2, 0.25) is 0 Å². The minimum atomic E-state index is -1.31. The summed E-state index contributed by atoms with van der Waals surface area (Å²) in [5.74, 6) is -1.48. The zero-order chi connectivity index (χ0) is 10.8. The molecule has 15 heavy (non-hydrogen) atoms. The standard InChI is InChI=1S/C12H12O3/c13-11(12(14)15)10-6-5-8-3-1-2-4-9(8)7-10/h1-6,10-11,13H,7H2,(H,14,15)/t10?,11-/m0/s1. The van der Waals surface area contributed by atoms with E-state index in [0.717, 1.165) is 11.1 Å². The summed E-state index contributed by atoms with van der Waals surface area (Å²) in [4.78, 5) is 10.6. The molecule has 1 unspecified atom stereocenters. The molecule has 1 aromatic rings. The average molecular weight is 204 g/mol. The SMILES string of the molecule is O=C(O)[C@@H](O)C1C=Cc2ccccc2C1. The number of fused-ring (bicyclic) bond motifs is 1. The van der Waals surface area contributed by atoms with Gasteiger partial charge in [0.15, 0.2) is 6.10 Å². The van der Waals surface area contributed by atoms with Gasteiger partial charge in [-0.3, -0.25) is 0 Å². The lowest BCUT2D eigenvalue weighted by molar-refractivity contribution is -0.148. The molecule has 0 heterocycles. The highest BCUT2D eigenvalue weighted by molar-refractivity contribution is 5.73. The highest BCUT2D eigenvalue weighted by Crippen LogP contribution is 2.24. The minimum Gasteiger partial charge on any atom is -0.479 e. The number of aliphatic hydroxyl groups excluding tert-OH is 1. The van der Waals surface area contributed by atoms with Gasteiger partial charge in [-0.15, -0.1) is 0 Å². The molecule has 0 radical (unpaired) electrons. The summed E-state index contributed by atoms with van der Waals surface area (Å²) in [6.07, 6.45) is 2.91. The predicted octanol–water partition coefficient (Wildman–Crippen LogP) is 1.32. The Morgan fingerprint density at radius 1 is 1.40 bits per heavy atom. The fourth-order valence-electron chi connectivity index (χ4n) is 1.83. The molecule has 0 saturated heterocycles. The first-order chi connectivity index (χ1) is 7.18. The predicted molar refractivity (Wildman–Crippen MR) is 56.3 cm³/mol. The molecule has 0 fully saturated rings. The van der Waals surface area contributed by atoms with E-state index in [2.05, 4.69) is 0 Å². The van der Waals surface area contributed by atoms with Gasteiger partial charge in [0.1, 0.15) is 0 Å². The Kier molecular flexibility index (Phi) is 2.56. The molecule has 3 nitrogen and oxygen atoms in total. The maximum Gasteiger partial charge on any atom is 0.333 e. The van der Waals surface area contributed by atoms with E-state index in [9.17, 15) is 9.90 Å². The second-order valence-electron chi connectivity index (χ2n) is 3.71. The zero-order valence-electron chi connectivity index (χ0n) is 8.13. The molecule has 0 spiro atoms. The number of hydrogen-bond acceptors (Lipinski definition) is 2. The lowest BCUT2D eigenvalue weighted by Crippen LogP contribution is -2.30. The van der Waals surface area contributed by atoms with Gasteiger partial charge in [-0.25, -0.2) is 4.79 Å². The van der Waals surface area contributed by atoms with Gasteiger partial charge in [0.05, 0.1) is 0 Å². The smallest absolute Gasteiger partial charge is 0.333 e. The third kappa shape index (κ3) is 1.92. The summed E-state index contributed by atoms with van der Waals surface area (Å²) in [5, 5.41) is 18.1. The summed E-state index contributed by atoms with van der Waals surface area (Å²) in [6.45, 7) is 0. The van der Waals surface area contributed by atoms with E-state index >= 15 is 0 Å². The largest absolute Gasteiger partial charge is 0.479 e. The quantitative estimate of drug-likeness (QED) is 0.763. The van der Waals surface area contributed by atoms with Crippen LogP contribution in [0.3, 0.4) is 0 Å². The number of carboxylic acids is 1. The first kappa shape index (κ1) is 9.93. The molecule has 2 atom stereocenters. The monoisotopic (exact) mass is 204 g/mol. The maximum absolute atomic E-state index is 10.6. The van der Waals surface area contributed by atoms with Crippen LogP contribution in [-0.2, 0) is 11.2 Å². The first-order valence-corrected chi connectivity index (χ1v) is 4.85. The summed E-state index contributed by atoms with van der Waals surface area (Å²) in [5.41, 5.74) is 2.19. The lowest BCUT2D eigenvalue weighted by Gasteiger charge is -2.21. The first-order valence-electron chi connectivity index (χ1n) is 4.85. The van der Waals surface area contributed by atoms with E-state index in [1.807, 2.05) is 30.3 Å². The fraction of sp³-hybridized carbons (Fsp3) is 0.250. The molecule has 0 aromatic heterocycles. The summed E-state index contributed by atoms with van der Waals surface area (Å²) >= 11 is 0. The van der Waals surface area contributed by atoms with Crippen molar-refractivity contribution in [3.8, 4) is 0 Å². The summed E-state index contributed by atoms with van der Waals surface area (Å²) < 4.78 is 0. The molecule has 2 rings (SSSR count). The van der Waals surface area contributed by atoms with Crippen LogP contribution in [0.5, 0.6) is 0 Å². The molecular formula is C12H12O3. The van der Waals surface area contributed by atoms with Crippen molar-refractivity contribution in [1.29, 1.82) is 0 Å². The fourth-order valence-corrected chi connectivity index (χ4v) is 1.83.